The lowest BCUT2D eigenvalue weighted by Gasteiger charge is -2.23. The summed E-state index contributed by atoms with van der Waals surface area (Å²) < 4.78 is 22.1. The van der Waals surface area contributed by atoms with Crippen molar-refractivity contribution in [2.24, 2.45) is 0 Å². The van der Waals surface area contributed by atoms with Gasteiger partial charge in [0.15, 0.2) is 23.0 Å². The van der Waals surface area contributed by atoms with E-state index in [1.54, 1.807) is 14.2 Å². The van der Waals surface area contributed by atoms with Crippen LogP contribution in [0.1, 0.15) is 22.6 Å². The molecule has 0 spiro atoms. The van der Waals surface area contributed by atoms with Crippen LogP contribution in [-0.2, 0) is 6.42 Å². The van der Waals surface area contributed by atoms with Crippen LogP contribution in [0.4, 0.5) is 0 Å². The molecule has 0 fully saturated rings. The monoisotopic (exact) mass is 341 g/mol. The van der Waals surface area contributed by atoms with Gasteiger partial charge in [-0.25, -0.2) is 0 Å². The smallest absolute Gasteiger partial charge is 0.231 e. The molecule has 25 heavy (non-hydrogen) atoms. The summed E-state index contributed by atoms with van der Waals surface area (Å²) in [5.41, 5.74) is 3.85. The minimum absolute atomic E-state index is 0.247. The second-order valence-electron chi connectivity index (χ2n) is 6.58. The predicted molar refractivity (Wildman–Crippen MR) is 95.2 cm³/mol. The van der Waals surface area contributed by atoms with Crippen molar-refractivity contribution >= 4 is 0 Å². The topological polar surface area (TPSA) is 40.2 Å². The van der Waals surface area contributed by atoms with Crippen LogP contribution < -0.4 is 18.9 Å². The number of rotatable bonds is 3. The van der Waals surface area contributed by atoms with E-state index in [0.29, 0.717) is 6.79 Å². The summed E-state index contributed by atoms with van der Waals surface area (Å²) in [5.74, 6) is 3.45. The molecule has 0 amide bonds. The van der Waals surface area contributed by atoms with Crippen LogP contribution in [-0.4, -0.2) is 46.0 Å². The molecule has 0 N–H and O–H groups in total. The fraction of sp³-hybridized carbons (Fsp3) is 0.400. The molecule has 2 aromatic carbocycles. The lowest BCUT2D eigenvalue weighted by molar-refractivity contribution is 0.174. The summed E-state index contributed by atoms with van der Waals surface area (Å²) in [6.07, 6.45) is 1.01. The molecule has 1 atom stereocenters. The quantitative estimate of drug-likeness (QED) is 0.858. The van der Waals surface area contributed by atoms with Crippen molar-refractivity contribution < 1.29 is 18.9 Å². The van der Waals surface area contributed by atoms with Crippen LogP contribution in [0, 0.1) is 0 Å². The number of benzene rings is 2. The van der Waals surface area contributed by atoms with Crippen molar-refractivity contribution in [1.29, 1.82) is 0 Å². The maximum absolute atomic E-state index is 5.62. The Kier molecular flexibility index (Phi) is 4.17. The molecule has 2 aromatic rings. The van der Waals surface area contributed by atoms with Crippen molar-refractivity contribution in [3.63, 3.8) is 0 Å². The molecule has 0 bridgehead atoms. The van der Waals surface area contributed by atoms with Gasteiger partial charge in [-0.15, -0.1) is 0 Å². The van der Waals surface area contributed by atoms with E-state index in [-0.39, 0.29) is 5.92 Å². The first-order chi connectivity index (χ1) is 12.2. The van der Waals surface area contributed by atoms with Crippen LogP contribution >= 0.6 is 0 Å². The highest BCUT2D eigenvalue weighted by atomic mass is 16.7. The van der Waals surface area contributed by atoms with E-state index in [1.807, 2.05) is 6.07 Å². The zero-order valence-corrected chi connectivity index (χ0v) is 14.9. The third-order valence-corrected chi connectivity index (χ3v) is 5.08. The molecular formula is C20H23NO4. The van der Waals surface area contributed by atoms with Gasteiger partial charge in [0, 0.05) is 19.0 Å². The fourth-order valence-corrected chi connectivity index (χ4v) is 3.71. The maximum Gasteiger partial charge on any atom is 0.231 e. The number of hydrogen-bond donors (Lipinski definition) is 0. The summed E-state index contributed by atoms with van der Waals surface area (Å²) in [6.45, 7) is 2.28. The van der Waals surface area contributed by atoms with E-state index in [0.717, 1.165) is 42.5 Å². The van der Waals surface area contributed by atoms with Crippen molar-refractivity contribution in [1.82, 2.24) is 4.90 Å². The SMILES string of the molecule is COc1ccc(C2CN(C)CCc3cc4c(cc32)OCO4)cc1OC. The average Bonchev–Trinajstić information content (AvgIpc) is 3.03. The van der Waals surface area contributed by atoms with Gasteiger partial charge < -0.3 is 23.8 Å². The van der Waals surface area contributed by atoms with E-state index >= 15 is 0 Å². The molecule has 0 aromatic heterocycles. The Bertz CT molecular complexity index is 790. The molecule has 2 aliphatic heterocycles. The van der Waals surface area contributed by atoms with Crippen LogP contribution in [0.25, 0.3) is 0 Å². The van der Waals surface area contributed by atoms with Crippen molar-refractivity contribution in [3.8, 4) is 23.0 Å². The number of nitrogens with zero attached hydrogens (tertiary/aromatic N) is 1. The maximum atomic E-state index is 5.62. The van der Waals surface area contributed by atoms with E-state index in [1.165, 1.54) is 16.7 Å². The Morgan fingerprint density at radius 2 is 1.76 bits per heavy atom. The third-order valence-electron chi connectivity index (χ3n) is 5.08. The van der Waals surface area contributed by atoms with Gasteiger partial charge in [-0.2, -0.15) is 0 Å². The first kappa shape index (κ1) is 16.1. The number of hydrogen-bond acceptors (Lipinski definition) is 5. The first-order valence-corrected chi connectivity index (χ1v) is 8.52. The molecule has 5 nitrogen and oxygen atoms in total. The summed E-state index contributed by atoms with van der Waals surface area (Å²) in [5, 5.41) is 0. The number of ether oxygens (including phenoxy) is 4. The second kappa shape index (κ2) is 6.48. The Balaban J connectivity index is 1.81. The Hall–Kier alpha value is -2.40. The number of likely N-dealkylation sites (N-methyl/N-ethyl adjacent to an activating group) is 1. The Labute approximate surface area is 148 Å². The van der Waals surface area contributed by atoms with E-state index in [4.69, 9.17) is 18.9 Å². The lowest BCUT2D eigenvalue weighted by atomic mass is 9.87. The highest BCUT2D eigenvalue weighted by molar-refractivity contribution is 5.54. The summed E-state index contributed by atoms with van der Waals surface area (Å²) in [6, 6.07) is 10.5. The normalized spacial score (nSPS) is 19.2. The molecule has 0 aliphatic carbocycles. The highest BCUT2D eigenvalue weighted by Gasteiger charge is 2.27. The molecular weight excluding hydrogens is 318 g/mol. The molecule has 5 heteroatoms. The largest absolute Gasteiger partial charge is 0.493 e. The molecule has 0 radical (unpaired) electrons. The van der Waals surface area contributed by atoms with Crippen LogP contribution in [0.3, 0.4) is 0 Å². The van der Waals surface area contributed by atoms with E-state index < -0.39 is 0 Å². The van der Waals surface area contributed by atoms with Gasteiger partial charge in [-0.1, -0.05) is 6.07 Å². The zero-order valence-electron chi connectivity index (χ0n) is 14.9. The van der Waals surface area contributed by atoms with Crippen molar-refractivity contribution in [2.45, 2.75) is 12.3 Å². The molecule has 1 unspecified atom stereocenters. The van der Waals surface area contributed by atoms with Crippen molar-refractivity contribution in [3.05, 3.63) is 47.0 Å². The fourth-order valence-electron chi connectivity index (χ4n) is 3.71. The van der Waals surface area contributed by atoms with Gasteiger partial charge in [0.1, 0.15) is 0 Å². The summed E-state index contributed by atoms with van der Waals surface area (Å²) >= 11 is 0. The molecule has 2 heterocycles. The first-order valence-electron chi connectivity index (χ1n) is 8.52. The van der Waals surface area contributed by atoms with Gasteiger partial charge in [-0.05, 0) is 54.4 Å². The van der Waals surface area contributed by atoms with Crippen LogP contribution in [0.2, 0.25) is 0 Å². The second-order valence-corrected chi connectivity index (χ2v) is 6.58. The van der Waals surface area contributed by atoms with E-state index in [2.05, 4.69) is 36.2 Å². The molecule has 132 valence electrons. The summed E-state index contributed by atoms with van der Waals surface area (Å²) in [4.78, 5) is 2.37. The van der Waals surface area contributed by atoms with Crippen LogP contribution in [0.5, 0.6) is 23.0 Å². The predicted octanol–water partition coefficient (Wildman–Crippen LogP) is 3.05. The minimum Gasteiger partial charge on any atom is -0.493 e. The minimum atomic E-state index is 0.247. The number of methoxy groups -OCH3 is 2. The van der Waals surface area contributed by atoms with Gasteiger partial charge in [0.25, 0.3) is 0 Å². The van der Waals surface area contributed by atoms with Crippen molar-refractivity contribution in [2.75, 3.05) is 41.1 Å². The molecule has 2 aliphatic rings. The summed E-state index contributed by atoms with van der Waals surface area (Å²) in [7, 11) is 5.50. The van der Waals surface area contributed by atoms with Gasteiger partial charge >= 0.3 is 0 Å². The standard InChI is InChI=1S/C20H23NO4/c1-21-7-6-14-9-19-20(25-12-24-19)10-15(14)16(11-21)13-4-5-17(22-2)18(8-13)23-3/h4-5,8-10,16H,6-7,11-12H2,1-3H3. The van der Waals surface area contributed by atoms with Crippen LogP contribution in [0.15, 0.2) is 30.3 Å². The molecule has 0 saturated carbocycles. The number of fused-ring (bicyclic) bond motifs is 2. The Morgan fingerprint density at radius 3 is 2.52 bits per heavy atom. The van der Waals surface area contributed by atoms with Gasteiger partial charge in [0.05, 0.1) is 14.2 Å². The highest BCUT2D eigenvalue weighted by Crippen LogP contribution is 2.42. The van der Waals surface area contributed by atoms with Gasteiger partial charge in [0.2, 0.25) is 6.79 Å². The third kappa shape index (κ3) is 2.89. The average molecular weight is 341 g/mol. The molecule has 0 saturated heterocycles. The molecule has 4 rings (SSSR count). The zero-order chi connectivity index (χ0) is 17.4. The Morgan fingerprint density at radius 1 is 1.00 bits per heavy atom. The lowest BCUT2D eigenvalue weighted by Crippen LogP contribution is -2.24. The van der Waals surface area contributed by atoms with Gasteiger partial charge in [-0.3, -0.25) is 0 Å². The van der Waals surface area contributed by atoms with E-state index in [9.17, 15) is 0 Å².